The highest BCUT2D eigenvalue weighted by atomic mass is 15.0. The Labute approximate surface area is 143 Å². The largest absolute Gasteiger partial charge is 0.306 e. The molecule has 0 saturated carbocycles. The van der Waals surface area contributed by atoms with Crippen LogP contribution in [0, 0.1) is 5.92 Å². The number of imidazole rings is 1. The lowest BCUT2D eigenvalue weighted by Crippen LogP contribution is -2.24. The summed E-state index contributed by atoms with van der Waals surface area (Å²) in [5.41, 5.74) is 3.51. The first kappa shape index (κ1) is 16.4. The number of aromatic nitrogens is 3. The SMILES string of the molecule is CC(C)C[C@H](NCc1ccccc1-n1ccnc1)c1ccccn1. The number of pyridine rings is 1. The van der Waals surface area contributed by atoms with Crippen molar-refractivity contribution in [1.29, 1.82) is 0 Å². The molecule has 0 fully saturated rings. The summed E-state index contributed by atoms with van der Waals surface area (Å²) in [6.07, 6.45) is 8.54. The van der Waals surface area contributed by atoms with Gasteiger partial charge in [-0.1, -0.05) is 38.1 Å². The Morgan fingerprint density at radius 2 is 1.88 bits per heavy atom. The van der Waals surface area contributed by atoms with Crippen molar-refractivity contribution in [3.8, 4) is 5.69 Å². The van der Waals surface area contributed by atoms with Crippen LogP contribution in [0.5, 0.6) is 0 Å². The fourth-order valence-electron chi connectivity index (χ4n) is 2.91. The highest BCUT2D eigenvalue weighted by Gasteiger charge is 2.15. The van der Waals surface area contributed by atoms with E-state index in [1.807, 2.05) is 24.8 Å². The van der Waals surface area contributed by atoms with Gasteiger partial charge in [-0.05, 0) is 36.1 Å². The maximum absolute atomic E-state index is 4.54. The van der Waals surface area contributed by atoms with Crippen LogP contribution in [0.25, 0.3) is 5.69 Å². The first-order valence-corrected chi connectivity index (χ1v) is 8.44. The van der Waals surface area contributed by atoms with E-state index in [0.717, 1.165) is 24.3 Å². The minimum absolute atomic E-state index is 0.252. The van der Waals surface area contributed by atoms with Crippen LogP contribution in [-0.2, 0) is 6.54 Å². The van der Waals surface area contributed by atoms with Crippen LogP contribution in [0.15, 0.2) is 67.4 Å². The zero-order chi connectivity index (χ0) is 16.8. The van der Waals surface area contributed by atoms with Crippen molar-refractivity contribution in [3.63, 3.8) is 0 Å². The summed E-state index contributed by atoms with van der Waals surface area (Å²) in [7, 11) is 0. The van der Waals surface area contributed by atoms with Gasteiger partial charge in [-0.3, -0.25) is 4.98 Å². The van der Waals surface area contributed by atoms with Crippen LogP contribution in [0.1, 0.15) is 37.6 Å². The first-order chi connectivity index (χ1) is 11.7. The Morgan fingerprint density at radius 1 is 1.04 bits per heavy atom. The quantitative estimate of drug-likeness (QED) is 0.711. The Morgan fingerprint density at radius 3 is 2.58 bits per heavy atom. The number of rotatable bonds is 7. The summed E-state index contributed by atoms with van der Waals surface area (Å²) >= 11 is 0. The van der Waals surface area contributed by atoms with E-state index in [9.17, 15) is 0 Å². The van der Waals surface area contributed by atoms with Crippen LogP contribution in [0.4, 0.5) is 0 Å². The van der Waals surface area contributed by atoms with E-state index in [1.54, 1.807) is 6.20 Å². The predicted molar refractivity (Wildman–Crippen MR) is 96.8 cm³/mol. The first-order valence-electron chi connectivity index (χ1n) is 8.44. The third kappa shape index (κ3) is 4.09. The van der Waals surface area contributed by atoms with Gasteiger partial charge in [-0.15, -0.1) is 0 Å². The molecule has 4 nitrogen and oxygen atoms in total. The summed E-state index contributed by atoms with van der Waals surface area (Å²) in [6.45, 7) is 5.29. The number of nitrogens with zero attached hydrogens (tertiary/aromatic N) is 3. The zero-order valence-corrected chi connectivity index (χ0v) is 14.3. The van der Waals surface area contributed by atoms with E-state index in [2.05, 4.69) is 70.1 Å². The fraction of sp³-hybridized carbons (Fsp3) is 0.300. The Balaban J connectivity index is 1.78. The zero-order valence-electron chi connectivity index (χ0n) is 14.3. The third-order valence-electron chi connectivity index (χ3n) is 4.07. The lowest BCUT2D eigenvalue weighted by molar-refractivity contribution is 0.421. The highest BCUT2D eigenvalue weighted by Crippen LogP contribution is 2.21. The Hall–Kier alpha value is -2.46. The molecule has 0 aliphatic carbocycles. The van der Waals surface area contributed by atoms with E-state index < -0.39 is 0 Å². The van der Waals surface area contributed by atoms with Crippen LogP contribution in [0.3, 0.4) is 0 Å². The molecule has 0 aliphatic heterocycles. The van der Waals surface area contributed by atoms with Gasteiger partial charge >= 0.3 is 0 Å². The second-order valence-corrected chi connectivity index (χ2v) is 6.42. The molecular formula is C20H24N4. The third-order valence-corrected chi connectivity index (χ3v) is 4.07. The van der Waals surface area contributed by atoms with E-state index in [0.29, 0.717) is 5.92 Å². The molecule has 4 heteroatoms. The van der Waals surface area contributed by atoms with Gasteiger partial charge in [0.15, 0.2) is 0 Å². The van der Waals surface area contributed by atoms with E-state index in [1.165, 1.54) is 5.56 Å². The molecule has 0 saturated heterocycles. The van der Waals surface area contributed by atoms with Crippen LogP contribution < -0.4 is 5.32 Å². The van der Waals surface area contributed by atoms with Gasteiger partial charge in [-0.25, -0.2) is 4.98 Å². The van der Waals surface area contributed by atoms with Gasteiger partial charge in [0, 0.05) is 31.2 Å². The van der Waals surface area contributed by atoms with Crippen LogP contribution >= 0.6 is 0 Å². The minimum Gasteiger partial charge on any atom is -0.306 e. The number of hydrogen-bond acceptors (Lipinski definition) is 3. The number of nitrogens with one attached hydrogen (secondary N) is 1. The summed E-state index contributed by atoms with van der Waals surface area (Å²) in [4.78, 5) is 8.69. The molecule has 124 valence electrons. The maximum atomic E-state index is 4.54. The molecule has 0 amide bonds. The van der Waals surface area contributed by atoms with Crippen molar-refractivity contribution in [1.82, 2.24) is 19.9 Å². The number of hydrogen-bond donors (Lipinski definition) is 1. The maximum Gasteiger partial charge on any atom is 0.0991 e. The summed E-state index contributed by atoms with van der Waals surface area (Å²) < 4.78 is 2.05. The van der Waals surface area contributed by atoms with Crippen LogP contribution in [0.2, 0.25) is 0 Å². The Bertz CT molecular complexity index is 735. The molecule has 3 aromatic rings. The molecule has 24 heavy (non-hydrogen) atoms. The van der Waals surface area contributed by atoms with Crippen molar-refractivity contribution < 1.29 is 0 Å². The molecule has 1 N–H and O–H groups in total. The number of para-hydroxylation sites is 1. The number of benzene rings is 1. The van der Waals surface area contributed by atoms with Gasteiger partial charge in [0.1, 0.15) is 0 Å². The molecule has 2 aromatic heterocycles. The molecule has 0 unspecified atom stereocenters. The Kier molecular flexibility index (Phi) is 5.39. The van der Waals surface area contributed by atoms with E-state index in [4.69, 9.17) is 0 Å². The fourth-order valence-corrected chi connectivity index (χ4v) is 2.91. The summed E-state index contributed by atoms with van der Waals surface area (Å²) in [5, 5.41) is 3.69. The van der Waals surface area contributed by atoms with E-state index >= 15 is 0 Å². The molecule has 3 rings (SSSR count). The van der Waals surface area contributed by atoms with Crippen molar-refractivity contribution in [2.24, 2.45) is 5.92 Å². The standard InChI is InChI=1S/C20H24N4/c1-16(2)13-19(18-8-5-6-10-22-18)23-14-17-7-3-4-9-20(17)24-12-11-21-15-24/h3-12,15-16,19,23H,13-14H2,1-2H3/t19-/m0/s1. The second kappa shape index (κ2) is 7.88. The van der Waals surface area contributed by atoms with Gasteiger partial charge in [0.25, 0.3) is 0 Å². The summed E-state index contributed by atoms with van der Waals surface area (Å²) in [5.74, 6) is 0.605. The smallest absolute Gasteiger partial charge is 0.0991 e. The van der Waals surface area contributed by atoms with Gasteiger partial charge in [0.2, 0.25) is 0 Å². The molecular weight excluding hydrogens is 296 g/mol. The van der Waals surface area contributed by atoms with Crippen molar-refractivity contribution in [3.05, 3.63) is 78.6 Å². The second-order valence-electron chi connectivity index (χ2n) is 6.42. The average molecular weight is 320 g/mol. The predicted octanol–water partition coefficient (Wildman–Crippen LogP) is 4.14. The van der Waals surface area contributed by atoms with Gasteiger partial charge in [0.05, 0.1) is 17.7 Å². The van der Waals surface area contributed by atoms with Crippen molar-refractivity contribution in [2.75, 3.05) is 0 Å². The lowest BCUT2D eigenvalue weighted by Gasteiger charge is -2.21. The highest BCUT2D eigenvalue weighted by molar-refractivity contribution is 5.40. The van der Waals surface area contributed by atoms with Crippen LogP contribution in [-0.4, -0.2) is 14.5 Å². The molecule has 0 bridgehead atoms. The molecule has 0 aliphatic rings. The molecule has 1 atom stereocenters. The molecule has 2 heterocycles. The monoisotopic (exact) mass is 320 g/mol. The molecule has 0 radical (unpaired) electrons. The van der Waals surface area contributed by atoms with Gasteiger partial charge in [-0.2, -0.15) is 0 Å². The average Bonchev–Trinajstić information content (AvgIpc) is 3.14. The van der Waals surface area contributed by atoms with Crippen molar-refractivity contribution >= 4 is 0 Å². The molecule has 0 spiro atoms. The lowest BCUT2D eigenvalue weighted by atomic mass is 10.00. The topological polar surface area (TPSA) is 42.7 Å². The van der Waals surface area contributed by atoms with Gasteiger partial charge < -0.3 is 9.88 Å². The minimum atomic E-state index is 0.252. The summed E-state index contributed by atoms with van der Waals surface area (Å²) in [6, 6.07) is 14.8. The normalized spacial score (nSPS) is 12.5. The van der Waals surface area contributed by atoms with Crippen molar-refractivity contribution in [2.45, 2.75) is 32.9 Å². The molecule has 1 aromatic carbocycles. The van der Waals surface area contributed by atoms with E-state index in [-0.39, 0.29) is 6.04 Å².